The van der Waals surface area contributed by atoms with E-state index in [1.54, 1.807) is 0 Å². The van der Waals surface area contributed by atoms with Gasteiger partial charge in [0.15, 0.2) is 6.61 Å². The standard InChI is InChI=1S/C17H15ClF4N2O3/c1-24(6-7-26-13-4-2-12(19)3-5-13)16(25)11-8-14(18)15(23-9-11)27-10-17(20,21)22/h2-5,8-9H,6-7,10H2,1H3. The molecule has 0 unspecified atom stereocenters. The van der Waals surface area contributed by atoms with Gasteiger partial charge in [-0.2, -0.15) is 13.2 Å². The third-order valence-electron chi connectivity index (χ3n) is 3.28. The van der Waals surface area contributed by atoms with Gasteiger partial charge in [0.05, 0.1) is 12.1 Å². The highest BCUT2D eigenvalue weighted by molar-refractivity contribution is 6.32. The first kappa shape index (κ1) is 20.8. The summed E-state index contributed by atoms with van der Waals surface area (Å²) < 4.78 is 59.2. The summed E-state index contributed by atoms with van der Waals surface area (Å²) in [6.07, 6.45) is -3.44. The molecule has 2 aromatic rings. The molecule has 146 valence electrons. The molecule has 2 rings (SSSR count). The summed E-state index contributed by atoms with van der Waals surface area (Å²) in [7, 11) is 1.51. The minimum atomic E-state index is -4.52. The predicted octanol–water partition coefficient (Wildman–Crippen LogP) is 3.97. The van der Waals surface area contributed by atoms with Gasteiger partial charge in [0.2, 0.25) is 5.88 Å². The van der Waals surface area contributed by atoms with Crippen molar-refractivity contribution in [1.29, 1.82) is 0 Å². The van der Waals surface area contributed by atoms with Crippen molar-refractivity contribution in [3.63, 3.8) is 0 Å². The van der Waals surface area contributed by atoms with Crippen molar-refractivity contribution in [2.75, 3.05) is 26.8 Å². The lowest BCUT2D eigenvalue weighted by atomic mass is 10.2. The van der Waals surface area contributed by atoms with E-state index in [2.05, 4.69) is 9.72 Å². The van der Waals surface area contributed by atoms with Crippen LogP contribution in [0.4, 0.5) is 17.6 Å². The molecule has 0 bridgehead atoms. The van der Waals surface area contributed by atoms with Crippen molar-refractivity contribution < 1.29 is 31.8 Å². The number of pyridine rings is 1. The molecule has 1 aromatic heterocycles. The molecule has 0 atom stereocenters. The Morgan fingerprint density at radius 2 is 1.89 bits per heavy atom. The minimum Gasteiger partial charge on any atom is -0.492 e. The lowest BCUT2D eigenvalue weighted by Crippen LogP contribution is -2.31. The van der Waals surface area contributed by atoms with Crippen LogP contribution in [0, 0.1) is 5.82 Å². The lowest BCUT2D eigenvalue weighted by Gasteiger charge is -2.18. The highest BCUT2D eigenvalue weighted by Crippen LogP contribution is 2.25. The topological polar surface area (TPSA) is 51.7 Å². The molecule has 0 N–H and O–H groups in total. The zero-order valence-corrected chi connectivity index (χ0v) is 14.9. The molecule has 0 radical (unpaired) electrons. The maximum atomic E-state index is 12.8. The summed E-state index contributed by atoms with van der Waals surface area (Å²) in [4.78, 5) is 17.3. The van der Waals surface area contributed by atoms with Crippen LogP contribution in [0.5, 0.6) is 11.6 Å². The van der Waals surface area contributed by atoms with E-state index in [1.165, 1.54) is 42.3 Å². The second-order valence-electron chi connectivity index (χ2n) is 5.44. The van der Waals surface area contributed by atoms with Crippen LogP contribution in [-0.2, 0) is 0 Å². The molecule has 10 heteroatoms. The number of hydrogen-bond donors (Lipinski definition) is 0. The molecule has 1 amide bonds. The molecule has 0 aliphatic rings. The molecule has 1 heterocycles. The Morgan fingerprint density at radius 1 is 1.22 bits per heavy atom. The van der Waals surface area contributed by atoms with Crippen LogP contribution in [0.2, 0.25) is 5.02 Å². The summed E-state index contributed by atoms with van der Waals surface area (Å²) in [5, 5.41) is -0.207. The number of aromatic nitrogens is 1. The molecule has 0 fully saturated rings. The number of carbonyl (C=O) groups is 1. The molecular weight excluding hydrogens is 392 g/mol. The van der Waals surface area contributed by atoms with Gasteiger partial charge in [0.25, 0.3) is 5.91 Å². The number of benzene rings is 1. The molecule has 0 saturated heterocycles. The Bertz CT molecular complexity index is 785. The molecule has 0 aliphatic heterocycles. The summed E-state index contributed by atoms with van der Waals surface area (Å²) in [6.45, 7) is -1.17. The van der Waals surface area contributed by atoms with E-state index in [1.807, 2.05) is 0 Å². The van der Waals surface area contributed by atoms with Crippen LogP contribution >= 0.6 is 11.6 Å². The summed E-state index contributed by atoms with van der Waals surface area (Å²) in [6, 6.07) is 6.60. The van der Waals surface area contributed by atoms with Crippen LogP contribution in [0.25, 0.3) is 0 Å². The number of hydrogen-bond acceptors (Lipinski definition) is 4. The fraction of sp³-hybridized carbons (Fsp3) is 0.294. The Labute approximate surface area is 157 Å². The minimum absolute atomic E-state index is 0.0867. The zero-order valence-electron chi connectivity index (χ0n) is 14.1. The number of likely N-dealkylation sites (N-methyl/N-ethyl adjacent to an activating group) is 1. The number of ether oxygens (including phenoxy) is 2. The van der Waals surface area contributed by atoms with E-state index in [9.17, 15) is 22.4 Å². The number of alkyl halides is 3. The van der Waals surface area contributed by atoms with E-state index in [0.717, 1.165) is 6.20 Å². The summed E-state index contributed by atoms with van der Waals surface area (Å²) in [5.74, 6) is -0.794. The first-order chi connectivity index (χ1) is 12.7. The average Bonchev–Trinajstić information content (AvgIpc) is 2.60. The van der Waals surface area contributed by atoms with E-state index in [-0.39, 0.29) is 29.6 Å². The Morgan fingerprint density at radius 3 is 2.48 bits per heavy atom. The fourth-order valence-corrected chi connectivity index (χ4v) is 2.17. The smallest absolute Gasteiger partial charge is 0.422 e. The van der Waals surface area contributed by atoms with Gasteiger partial charge in [-0.05, 0) is 30.3 Å². The second-order valence-corrected chi connectivity index (χ2v) is 5.85. The van der Waals surface area contributed by atoms with Crippen LogP contribution in [0.3, 0.4) is 0 Å². The maximum Gasteiger partial charge on any atom is 0.422 e. The van der Waals surface area contributed by atoms with E-state index in [0.29, 0.717) is 5.75 Å². The van der Waals surface area contributed by atoms with Gasteiger partial charge in [0, 0.05) is 13.2 Å². The average molecular weight is 407 g/mol. The van der Waals surface area contributed by atoms with Gasteiger partial charge in [-0.1, -0.05) is 11.6 Å². The Hall–Kier alpha value is -2.55. The number of amides is 1. The maximum absolute atomic E-state index is 12.8. The van der Waals surface area contributed by atoms with Crippen molar-refractivity contribution in [2.24, 2.45) is 0 Å². The molecule has 0 saturated carbocycles. The van der Waals surface area contributed by atoms with Crippen LogP contribution < -0.4 is 9.47 Å². The van der Waals surface area contributed by atoms with E-state index < -0.39 is 24.6 Å². The number of rotatable bonds is 7. The lowest BCUT2D eigenvalue weighted by molar-refractivity contribution is -0.154. The first-order valence-corrected chi connectivity index (χ1v) is 8.02. The largest absolute Gasteiger partial charge is 0.492 e. The monoisotopic (exact) mass is 406 g/mol. The molecule has 1 aromatic carbocycles. The highest BCUT2D eigenvalue weighted by Gasteiger charge is 2.29. The van der Waals surface area contributed by atoms with Crippen LogP contribution in [0.1, 0.15) is 10.4 Å². The number of nitrogens with zero attached hydrogens (tertiary/aromatic N) is 2. The van der Waals surface area contributed by atoms with Gasteiger partial charge < -0.3 is 14.4 Å². The summed E-state index contributed by atoms with van der Waals surface area (Å²) in [5.41, 5.74) is 0.0867. The third kappa shape index (κ3) is 6.59. The number of halogens is 5. The Kier molecular flexibility index (Phi) is 6.84. The molecular formula is C17H15ClF4N2O3. The van der Waals surface area contributed by atoms with Crippen LogP contribution in [-0.4, -0.2) is 48.8 Å². The molecule has 0 aliphatic carbocycles. The van der Waals surface area contributed by atoms with Gasteiger partial charge in [-0.3, -0.25) is 4.79 Å². The summed E-state index contributed by atoms with van der Waals surface area (Å²) >= 11 is 5.82. The normalized spacial score (nSPS) is 11.2. The second kappa shape index (κ2) is 8.90. The van der Waals surface area contributed by atoms with E-state index >= 15 is 0 Å². The van der Waals surface area contributed by atoms with Gasteiger partial charge in [0.1, 0.15) is 23.2 Å². The van der Waals surface area contributed by atoms with Crippen molar-refractivity contribution in [1.82, 2.24) is 9.88 Å². The third-order valence-corrected chi connectivity index (χ3v) is 3.55. The molecule has 5 nitrogen and oxygen atoms in total. The quantitative estimate of drug-likeness (QED) is 0.653. The molecule has 27 heavy (non-hydrogen) atoms. The van der Waals surface area contributed by atoms with Crippen molar-refractivity contribution in [3.05, 3.63) is 52.9 Å². The van der Waals surface area contributed by atoms with Gasteiger partial charge in [-0.25, -0.2) is 9.37 Å². The van der Waals surface area contributed by atoms with Gasteiger partial charge >= 0.3 is 6.18 Å². The van der Waals surface area contributed by atoms with Crippen molar-refractivity contribution in [3.8, 4) is 11.6 Å². The van der Waals surface area contributed by atoms with Gasteiger partial charge in [-0.15, -0.1) is 0 Å². The Balaban J connectivity index is 1.89. The number of carbonyl (C=O) groups excluding carboxylic acids is 1. The van der Waals surface area contributed by atoms with E-state index in [4.69, 9.17) is 16.3 Å². The fourth-order valence-electron chi connectivity index (χ4n) is 1.95. The van der Waals surface area contributed by atoms with Crippen molar-refractivity contribution >= 4 is 17.5 Å². The zero-order chi connectivity index (χ0) is 20.0. The SMILES string of the molecule is CN(CCOc1ccc(F)cc1)C(=O)c1cnc(OCC(F)(F)F)c(Cl)c1. The highest BCUT2D eigenvalue weighted by atomic mass is 35.5. The first-order valence-electron chi connectivity index (χ1n) is 7.64. The molecule has 0 spiro atoms. The predicted molar refractivity (Wildman–Crippen MR) is 89.7 cm³/mol. The van der Waals surface area contributed by atoms with Crippen LogP contribution in [0.15, 0.2) is 36.5 Å². The van der Waals surface area contributed by atoms with Crippen molar-refractivity contribution in [2.45, 2.75) is 6.18 Å².